The number of hydrogen-bond donors (Lipinski definition) is 1. The lowest BCUT2D eigenvalue weighted by molar-refractivity contribution is 0.791. The molecule has 72 valence electrons. The standard InChI is InChI=1S/C10H12N4/c11-4-7-3-8(7)9-5-13-10-6-12-1-2-14(9)10/h1-2,5-8H,3-4,11H2. The summed E-state index contributed by atoms with van der Waals surface area (Å²) in [7, 11) is 0. The second-order valence-corrected chi connectivity index (χ2v) is 3.83. The molecule has 2 aromatic rings. The first-order valence-electron chi connectivity index (χ1n) is 4.87. The number of hydrogen-bond acceptors (Lipinski definition) is 3. The van der Waals surface area contributed by atoms with Gasteiger partial charge in [-0.3, -0.25) is 4.98 Å². The second-order valence-electron chi connectivity index (χ2n) is 3.83. The fraction of sp³-hybridized carbons (Fsp3) is 0.400. The van der Waals surface area contributed by atoms with Crippen LogP contribution in [0.4, 0.5) is 0 Å². The Labute approximate surface area is 81.8 Å². The Hall–Kier alpha value is -1.42. The first kappa shape index (κ1) is 7.94. The van der Waals surface area contributed by atoms with E-state index in [1.54, 1.807) is 12.4 Å². The van der Waals surface area contributed by atoms with Gasteiger partial charge in [-0.2, -0.15) is 0 Å². The van der Waals surface area contributed by atoms with Crippen LogP contribution in [0, 0.1) is 5.92 Å². The molecule has 0 radical (unpaired) electrons. The van der Waals surface area contributed by atoms with Crippen molar-refractivity contribution in [1.82, 2.24) is 14.4 Å². The number of rotatable bonds is 2. The molecular formula is C10H12N4. The van der Waals surface area contributed by atoms with Crippen LogP contribution in [0.15, 0.2) is 24.8 Å². The Balaban J connectivity index is 2.06. The Morgan fingerprint density at radius 1 is 1.50 bits per heavy atom. The molecule has 1 saturated carbocycles. The van der Waals surface area contributed by atoms with E-state index >= 15 is 0 Å². The summed E-state index contributed by atoms with van der Waals surface area (Å²) in [4.78, 5) is 8.35. The molecule has 2 atom stereocenters. The molecular weight excluding hydrogens is 176 g/mol. The largest absolute Gasteiger partial charge is 0.330 e. The fourth-order valence-electron chi connectivity index (χ4n) is 2.01. The Morgan fingerprint density at radius 2 is 2.43 bits per heavy atom. The van der Waals surface area contributed by atoms with E-state index in [1.165, 1.54) is 12.1 Å². The smallest absolute Gasteiger partial charge is 0.155 e. The summed E-state index contributed by atoms with van der Waals surface area (Å²) in [6, 6.07) is 0. The van der Waals surface area contributed by atoms with Crippen molar-refractivity contribution in [2.24, 2.45) is 11.7 Å². The summed E-state index contributed by atoms with van der Waals surface area (Å²) in [5, 5.41) is 0. The molecule has 2 heterocycles. The van der Waals surface area contributed by atoms with E-state index in [9.17, 15) is 0 Å². The van der Waals surface area contributed by atoms with E-state index in [1.807, 2.05) is 12.4 Å². The normalized spacial score (nSPS) is 25.5. The summed E-state index contributed by atoms with van der Waals surface area (Å²) in [6.07, 6.45) is 8.68. The van der Waals surface area contributed by atoms with E-state index in [-0.39, 0.29) is 0 Å². The minimum atomic E-state index is 0.609. The van der Waals surface area contributed by atoms with E-state index in [0.29, 0.717) is 11.8 Å². The number of fused-ring (bicyclic) bond motifs is 1. The van der Waals surface area contributed by atoms with Gasteiger partial charge < -0.3 is 10.1 Å². The Bertz CT molecular complexity index is 462. The highest BCUT2D eigenvalue weighted by molar-refractivity contribution is 5.39. The molecule has 4 nitrogen and oxygen atoms in total. The van der Waals surface area contributed by atoms with Crippen molar-refractivity contribution >= 4 is 5.65 Å². The van der Waals surface area contributed by atoms with Crippen molar-refractivity contribution in [1.29, 1.82) is 0 Å². The van der Waals surface area contributed by atoms with Gasteiger partial charge in [0.1, 0.15) is 0 Å². The molecule has 0 bridgehead atoms. The topological polar surface area (TPSA) is 56.2 Å². The molecule has 1 aliphatic rings. The average molecular weight is 188 g/mol. The van der Waals surface area contributed by atoms with Crippen molar-refractivity contribution in [2.45, 2.75) is 12.3 Å². The van der Waals surface area contributed by atoms with Gasteiger partial charge in [-0.05, 0) is 18.9 Å². The van der Waals surface area contributed by atoms with Gasteiger partial charge in [-0.25, -0.2) is 4.98 Å². The van der Waals surface area contributed by atoms with E-state index in [0.717, 1.165) is 12.2 Å². The van der Waals surface area contributed by atoms with Crippen molar-refractivity contribution in [3.05, 3.63) is 30.5 Å². The summed E-state index contributed by atoms with van der Waals surface area (Å²) in [6.45, 7) is 0.781. The fourth-order valence-corrected chi connectivity index (χ4v) is 2.01. The van der Waals surface area contributed by atoms with Crippen LogP contribution < -0.4 is 5.73 Å². The Morgan fingerprint density at radius 3 is 3.21 bits per heavy atom. The molecule has 2 N–H and O–H groups in total. The average Bonchev–Trinajstić information content (AvgIpc) is 2.90. The van der Waals surface area contributed by atoms with Gasteiger partial charge in [-0.15, -0.1) is 0 Å². The predicted molar refractivity (Wildman–Crippen MR) is 52.9 cm³/mol. The van der Waals surface area contributed by atoms with Crippen LogP contribution in [0.25, 0.3) is 5.65 Å². The summed E-state index contributed by atoms with van der Waals surface area (Å²) in [5.41, 5.74) is 7.83. The maximum absolute atomic E-state index is 5.63. The maximum atomic E-state index is 5.63. The number of nitrogens with zero attached hydrogens (tertiary/aromatic N) is 3. The lowest BCUT2D eigenvalue weighted by Crippen LogP contribution is -2.02. The molecule has 1 aliphatic carbocycles. The highest BCUT2D eigenvalue weighted by atomic mass is 15.0. The van der Waals surface area contributed by atoms with Crippen LogP contribution >= 0.6 is 0 Å². The first-order chi connectivity index (χ1) is 6.90. The highest BCUT2D eigenvalue weighted by Crippen LogP contribution is 2.46. The van der Waals surface area contributed by atoms with Crippen LogP contribution in [0.1, 0.15) is 18.0 Å². The van der Waals surface area contributed by atoms with Crippen LogP contribution in [-0.2, 0) is 0 Å². The summed E-state index contributed by atoms with van der Waals surface area (Å²) >= 11 is 0. The molecule has 2 unspecified atom stereocenters. The Kier molecular flexibility index (Phi) is 1.58. The molecule has 1 fully saturated rings. The van der Waals surface area contributed by atoms with Gasteiger partial charge in [0.05, 0.1) is 6.20 Å². The molecule has 0 aliphatic heterocycles. The molecule has 14 heavy (non-hydrogen) atoms. The lowest BCUT2D eigenvalue weighted by Gasteiger charge is -1.98. The van der Waals surface area contributed by atoms with Crippen molar-refractivity contribution in [3.8, 4) is 0 Å². The van der Waals surface area contributed by atoms with Gasteiger partial charge in [0, 0.05) is 30.2 Å². The molecule has 0 saturated heterocycles. The minimum absolute atomic E-state index is 0.609. The third kappa shape index (κ3) is 1.04. The zero-order chi connectivity index (χ0) is 9.54. The van der Waals surface area contributed by atoms with Crippen LogP contribution in [0.2, 0.25) is 0 Å². The molecule has 0 amide bonds. The van der Waals surface area contributed by atoms with Crippen LogP contribution in [0.5, 0.6) is 0 Å². The number of nitrogens with two attached hydrogens (primary N) is 1. The molecule has 2 aromatic heterocycles. The third-order valence-corrected chi connectivity index (χ3v) is 2.95. The molecule has 4 heteroatoms. The van der Waals surface area contributed by atoms with Gasteiger partial charge in [-0.1, -0.05) is 0 Å². The predicted octanol–water partition coefficient (Wildman–Crippen LogP) is 0.791. The zero-order valence-corrected chi connectivity index (χ0v) is 7.80. The monoisotopic (exact) mass is 188 g/mol. The summed E-state index contributed by atoms with van der Waals surface area (Å²) < 4.78 is 2.10. The minimum Gasteiger partial charge on any atom is -0.330 e. The van der Waals surface area contributed by atoms with E-state index < -0.39 is 0 Å². The van der Waals surface area contributed by atoms with E-state index in [2.05, 4.69) is 14.4 Å². The van der Waals surface area contributed by atoms with Gasteiger partial charge in [0.25, 0.3) is 0 Å². The second kappa shape index (κ2) is 2.78. The number of aromatic nitrogens is 3. The lowest BCUT2D eigenvalue weighted by atomic mass is 10.2. The van der Waals surface area contributed by atoms with Gasteiger partial charge in [0.2, 0.25) is 0 Å². The third-order valence-electron chi connectivity index (χ3n) is 2.95. The SMILES string of the molecule is NCC1CC1c1cnc2cnccn12. The summed E-state index contributed by atoms with van der Waals surface area (Å²) in [5.74, 6) is 1.26. The quantitative estimate of drug-likeness (QED) is 0.758. The highest BCUT2D eigenvalue weighted by Gasteiger charge is 2.38. The van der Waals surface area contributed by atoms with Crippen molar-refractivity contribution < 1.29 is 0 Å². The van der Waals surface area contributed by atoms with Crippen molar-refractivity contribution in [2.75, 3.05) is 6.54 Å². The van der Waals surface area contributed by atoms with Crippen LogP contribution in [0.3, 0.4) is 0 Å². The van der Waals surface area contributed by atoms with Gasteiger partial charge in [0.15, 0.2) is 5.65 Å². The van der Waals surface area contributed by atoms with Crippen LogP contribution in [-0.4, -0.2) is 20.9 Å². The van der Waals surface area contributed by atoms with E-state index in [4.69, 9.17) is 5.73 Å². The maximum Gasteiger partial charge on any atom is 0.155 e. The molecule has 0 spiro atoms. The van der Waals surface area contributed by atoms with Crippen molar-refractivity contribution in [3.63, 3.8) is 0 Å². The zero-order valence-electron chi connectivity index (χ0n) is 7.80. The number of imidazole rings is 1. The molecule has 0 aromatic carbocycles. The van der Waals surface area contributed by atoms with Gasteiger partial charge >= 0.3 is 0 Å². The molecule has 3 rings (SSSR count). The first-order valence-corrected chi connectivity index (χ1v) is 4.87.